The number of carbonyl (C=O) groups is 3. The van der Waals surface area contributed by atoms with E-state index in [0.717, 1.165) is 141 Å². The van der Waals surface area contributed by atoms with Crippen molar-refractivity contribution in [3.05, 3.63) is 122 Å². The van der Waals surface area contributed by atoms with Crippen LogP contribution in [-0.2, 0) is 42.2 Å². The van der Waals surface area contributed by atoms with Crippen molar-refractivity contribution in [1.29, 1.82) is 0 Å². The number of hydrogen-bond acceptors (Lipinski definition) is 10. The van der Waals surface area contributed by atoms with Gasteiger partial charge in [-0.3, -0.25) is 23.4 Å². The average molecular weight is 1080 g/mol. The Morgan fingerprint density at radius 1 is 0.382 bits per heavy atom. The van der Waals surface area contributed by atoms with Gasteiger partial charge in [-0.25, -0.2) is 4.57 Å². The molecule has 0 aliphatic heterocycles. The molecule has 0 aromatic rings. The second kappa shape index (κ2) is 57.1. The molecule has 0 saturated heterocycles. The van der Waals surface area contributed by atoms with Crippen molar-refractivity contribution in [3.8, 4) is 0 Å². The van der Waals surface area contributed by atoms with Crippen molar-refractivity contribution in [2.75, 3.05) is 26.4 Å². The van der Waals surface area contributed by atoms with Gasteiger partial charge in [-0.15, -0.1) is 0 Å². The molecule has 0 amide bonds. The number of esters is 3. The van der Waals surface area contributed by atoms with Crippen LogP contribution in [0.2, 0.25) is 0 Å². The van der Waals surface area contributed by atoms with Gasteiger partial charge in [-0.2, -0.15) is 0 Å². The van der Waals surface area contributed by atoms with Crippen molar-refractivity contribution < 1.29 is 52.2 Å². The Bertz CT molecular complexity index is 1740. The maximum absolute atomic E-state index is 12.9. The van der Waals surface area contributed by atoms with E-state index in [-0.39, 0.29) is 25.9 Å². The van der Waals surface area contributed by atoms with Gasteiger partial charge in [0.2, 0.25) is 0 Å². The monoisotopic (exact) mass is 1080 g/mol. The molecule has 0 fully saturated rings. The van der Waals surface area contributed by atoms with Crippen LogP contribution in [0.4, 0.5) is 0 Å². The van der Waals surface area contributed by atoms with E-state index in [1.54, 1.807) is 0 Å². The fourth-order valence-electron chi connectivity index (χ4n) is 7.43. The van der Waals surface area contributed by atoms with Crippen molar-refractivity contribution in [2.45, 2.75) is 238 Å². The topological polar surface area (TPSA) is 155 Å². The maximum Gasteiger partial charge on any atom is 0.472 e. The highest BCUT2D eigenvalue weighted by molar-refractivity contribution is 7.47. The van der Waals surface area contributed by atoms with Crippen molar-refractivity contribution in [2.24, 2.45) is 0 Å². The van der Waals surface area contributed by atoms with Crippen molar-refractivity contribution >= 4 is 25.7 Å². The highest BCUT2D eigenvalue weighted by atomic mass is 31.2. The molecule has 0 aliphatic rings. The number of aliphatic hydroxyl groups is 1. The van der Waals surface area contributed by atoms with E-state index in [1.807, 2.05) is 0 Å². The molecule has 0 radical (unpaired) electrons. The van der Waals surface area contributed by atoms with Crippen molar-refractivity contribution in [3.63, 3.8) is 0 Å². The molecule has 11 nitrogen and oxygen atoms in total. The second-order valence-electron chi connectivity index (χ2n) is 19.0. The third-order valence-electron chi connectivity index (χ3n) is 11.8. The summed E-state index contributed by atoms with van der Waals surface area (Å²) < 4.78 is 39.5. The summed E-state index contributed by atoms with van der Waals surface area (Å²) in [4.78, 5) is 48.6. The third-order valence-corrected chi connectivity index (χ3v) is 12.8. The van der Waals surface area contributed by atoms with Crippen LogP contribution in [0, 0.1) is 0 Å². The van der Waals surface area contributed by atoms with Crippen LogP contribution in [0.25, 0.3) is 0 Å². The van der Waals surface area contributed by atoms with E-state index >= 15 is 0 Å². The molecule has 12 heteroatoms. The minimum atomic E-state index is -4.78. The van der Waals surface area contributed by atoms with E-state index in [2.05, 4.69) is 142 Å². The van der Waals surface area contributed by atoms with Crippen molar-refractivity contribution in [1.82, 2.24) is 0 Å². The number of allylic oxidation sites excluding steroid dienone is 20. The summed E-state index contributed by atoms with van der Waals surface area (Å²) in [5, 5.41) is 9.81. The van der Waals surface area contributed by atoms with Crippen LogP contribution in [0.5, 0.6) is 0 Å². The first-order chi connectivity index (χ1) is 37.2. The van der Waals surface area contributed by atoms with Gasteiger partial charge < -0.3 is 24.2 Å². The van der Waals surface area contributed by atoms with Gasteiger partial charge >= 0.3 is 25.7 Å². The lowest BCUT2D eigenvalue weighted by molar-refractivity contribution is -0.161. The normalized spacial score (nSPS) is 14.2. The first-order valence-corrected chi connectivity index (χ1v) is 30.9. The number of carbonyl (C=O) groups excluding carboxylic acids is 3. The van der Waals surface area contributed by atoms with Gasteiger partial charge in [-0.05, 0) is 128 Å². The number of phosphoric ester groups is 1. The Balaban J connectivity index is 4.83. The summed E-state index contributed by atoms with van der Waals surface area (Å²) in [6.45, 7) is 4.30. The number of phosphoric acid groups is 1. The molecule has 0 heterocycles. The maximum atomic E-state index is 12.9. The summed E-state index contributed by atoms with van der Waals surface area (Å²) in [5.74, 6) is -1.55. The Morgan fingerprint density at radius 2 is 0.684 bits per heavy atom. The van der Waals surface area contributed by atoms with Gasteiger partial charge in [0.25, 0.3) is 0 Å². The predicted molar refractivity (Wildman–Crippen MR) is 316 cm³/mol. The Morgan fingerprint density at radius 3 is 1.08 bits per heavy atom. The molecular formula is C64H105O11P. The Hall–Kier alpha value is -4.12. The molecule has 0 saturated carbocycles. The van der Waals surface area contributed by atoms with Gasteiger partial charge in [0.1, 0.15) is 12.7 Å². The summed E-state index contributed by atoms with van der Waals surface area (Å²) in [7, 11) is -4.78. The van der Waals surface area contributed by atoms with Crippen LogP contribution < -0.4 is 0 Å². The molecule has 76 heavy (non-hydrogen) atoms. The van der Waals surface area contributed by atoms with Crippen LogP contribution in [0.3, 0.4) is 0 Å². The highest BCUT2D eigenvalue weighted by Gasteiger charge is 2.28. The van der Waals surface area contributed by atoms with Crippen LogP contribution in [0.15, 0.2) is 122 Å². The smallest absolute Gasteiger partial charge is 0.462 e. The van der Waals surface area contributed by atoms with Gasteiger partial charge in [0.15, 0.2) is 6.10 Å². The van der Waals surface area contributed by atoms with Gasteiger partial charge in [-0.1, -0.05) is 200 Å². The lowest BCUT2D eigenvalue weighted by atomic mass is 10.1. The summed E-state index contributed by atoms with van der Waals surface area (Å²) >= 11 is 0. The molecule has 0 spiro atoms. The van der Waals surface area contributed by atoms with Crippen LogP contribution in [0.1, 0.15) is 226 Å². The summed E-state index contributed by atoms with van der Waals surface area (Å²) in [6, 6.07) is 0. The molecule has 0 rings (SSSR count). The van der Waals surface area contributed by atoms with Gasteiger partial charge in [0.05, 0.1) is 19.8 Å². The predicted octanol–water partition coefficient (Wildman–Crippen LogP) is 17.6. The molecule has 0 aliphatic carbocycles. The minimum absolute atomic E-state index is 0.117. The van der Waals surface area contributed by atoms with E-state index in [0.29, 0.717) is 19.3 Å². The first kappa shape index (κ1) is 71.9. The van der Waals surface area contributed by atoms with E-state index < -0.39 is 57.8 Å². The number of hydrogen-bond donors (Lipinski definition) is 2. The SMILES string of the molecule is CC/C=C\C/C=C\C/C=C\C/C=C\CCCCC(=O)OC(CO)COP(=O)(O)OCC(COC(=O)CCCCCCC/C=C\C/C=C\C/C=C\CC)OC(=O)CCCCCCCC/C=C\C/C=C\C/C=C\CCCCC. The average Bonchev–Trinajstić information content (AvgIpc) is 3.41. The zero-order chi connectivity index (χ0) is 55.5. The molecule has 0 aromatic heterocycles. The zero-order valence-electron chi connectivity index (χ0n) is 47.7. The largest absolute Gasteiger partial charge is 0.472 e. The standard InChI is InChI=1S/C64H105O11P/c1-4-7-10-13-16-19-22-25-28-29-30-31-34-37-40-43-46-49-52-55-64(68)75-61(57-71-62(66)53-50-47-44-41-38-35-32-26-23-20-17-14-11-8-5-2)59-73-76(69,70)72-58-60(56-65)74-63(67)54-51-48-45-42-39-36-33-27-24-21-18-15-12-9-6-3/h8-9,11-12,16-21,25-28,30-33,39,42,60-61,65H,4-7,10,13-15,22-24,29,34-38,40-41,43-59H2,1-3H3,(H,69,70)/b11-8-,12-9-,19-16-,20-17-,21-18-,28-25-,31-30-,32-26-,33-27-,42-39-. The van der Waals surface area contributed by atoms with E-state index in [1.165, 1.54) is 25.7 Å². The van der Waals surface area contributed by atoms with E-state index in [4.69, 9.17) is 23.3 Å². The molecule has 0 bridgehead atoms. The number of rotatable bonds is 53. The summed E-state index contributed by atoms with van der Waals surface area (Å²) in [5.41, 5.74) is 0. The Labute approximate surface area is 462 Å². The lowest BCUT2D eigenvalue weighted by Gasteiger charge is -2.21. The minimum Gasteiger partial charge on any atom is -0.462 e. The molecule has 2 N–H and O–H groups in total. The number of aliphatic hydroxyl groups excluding tert-OH is 1. The number of ether oxygens (including phenoxy) is 3. The summed E-state index contributed by atoms with van der Waals surface area (Å²) in [6.07, 6.45) is 70.1. The molecule has 3 atom stereocenters. The van der Waals surface area contributed by atoms with Crippen LogP contribution >= 0.6 is 7.82 Å². The fourth-order valence-corrected chi connectivity index (χ4v) is 8.21. The molecule has 432 valence electrons. The molecule has 3 unspecified atom stereocenters. The van der Waals surface area contributed by atoms with Gasteiger partial charge in [0, 0.05) is 19.3 Å². The zero-order valence-corrected chi connectivity index (χ0v) is 48.6. The van der Waals surface area contributed by atoms with Crippen LogP contribution in [-0.4, -0.2) is 66.5 Å². The quantitative estimate of drug-likeness (QED) is 0.0197. The molecular weight excluding hydrogens is 976 g/mol. The fraction of sp³-hybridized carbons (Fsp3) is 0.641. The highest BCUT2D eigenvalue weighted by Crippen LogP contribution is 2.43. The third kappa shape index (κ3) is 54.7. The number of unbranched alkanes of at least 4 members (excludes halogenated alkanes) is 16. The second-order valence-corrected chi connectivity index (χ2v) is 20.5. The van der Waals surface area contributed by atoms with E-state index in [9.17, 15) is 28.9 Å². The molecule has 0 aromatic carbocycles. The Kier molecular flexibility index (Phi) is 54.0. The first-order valence-electron chi connectivity index (χ1n) is 29.4. The lowest BCUT2D eigenvalue weighted by Crippen LogP contribution is -2.30.